The number of alkyl carbamates (subject to hydrolysis) is 1. The second-order valence-corrected chi connectivity index (χ2v) is 15.9. The zero-order valence-corrected chi connectivity index (χ0v) is 21.8. The number of pyridine rings is 1. The van der Waals surface area contributed by atoms with E-state index in [1.54, 1.807) is 12.3 Å². The number of rotatable bonds is 5. The zero-order chi connectivity index (χ0) is 24.5. The Morgan fingerprint density at radius 2 is 1.88 bits per heavy atom. The number of carbonyl (C=O) groups excluding carboxylic acids is 1. The lowest BCUT2D eigenvalue weighted by Gasteiger charge is -2.48. The van der Waals surface area contributed by atoms with E-state index < -0.39 is 31.0 Å². The van der Waals surface area contributed by atoms with Gasteiger partial charge in [-0.2, -0.15) is 0 Å². The maximum absolute atomic E-state index is 12.6. The van der Waals surface area contributed by atoms with Gasteiger partial charge in [0.1, 0.15) is 17.5 Å². The van der Waals surface area contributed by atoms with Gasteiger partial charge in [-0.25, -0.2) is 4.79 Å². The molecule has 1 aliphatic heterocycles. The summed E-state index contributed by atoms with van der Waals surface area (Å²) in [5.74, 6) is 0.0191. The molecule has 1 aromatic heterocycles. The molecule has 0 spiro atoms. The van der Waals surface area contributed by atoms with Gasteiger partial charge in [0, 0.05) is 25.2 Å². The fraction of sp³-hybridized carbons (Fsp3) is 0.727. The van der Waals surface area contributed by atoms with Crippen molar-refractivity contribution in [2.75, 3.05) is 18.0 Å². The number of piperidine rings is 1. The number of carbonyl (C=O) groups is 1. The Balaban J connectivity index is 2.37. The molecule has 180 valence electrons. The molecule has 9 nitrogen and oxygen atoms in total. The Bertz CT molecular complexity index is 834. The van der Waals surface area contributed by atoms with E-state index in [-0.39, 0.29) is 22.7 Å². The molecule has 3 atom stereocenters. The van der Waals surface area contributed by atoms with Crippen molar-refractivity contribution in [1.29, 1.82) is 0 Å². The highest BCUT2D eigenvalue weighted by Crippen LogP contribution is 2.40. The molecule has 1 N–H and O–H groups in total. The molecule has 2 heterocycles. The van der Waals surface area contributed by atoms with Gasteiger partial charge < -0.3 is 19.4 Å². The molecule has 1 aromatic rings. The molecule has 2 rings (SSSR count). The first-order valence-electron chi connectivity index (χ1n) is 11.0. The second-order valence-electron chi connectivity index (χ2n) is 11.1. The Morgan fingerprint density at radius 3 is 2.41 bits per heavy atom. The molecule has 0 saturated carbocycles. The number of hydrogen-bond acceptors (Lipinski definition) is 7. The molecular formula is C22H38N4O5Si. The fourth-order valence-corrected chi connectivity index (χ4v) is 4.98. The second kappa shape index (κ2) is 9.34. The van der Waals surface area contributed by atoms with Gasteiger partial charge in [0.05, 0.1) is 17.1 Å². The van der Waals surface area contributed by atoms with Crippen LogP contribution in [0, 0.1) is 16.0 Å². The van der Waals surface area contributed by atoms with E-state index >= 15 is 0 Å². The first-order valence-corrected chi connectivity index (χ1v) is 13.9. The average Bonchev–Trinajstić information content (AvgIpc) is 2.61. The number of hydrogen-bond donors (Lipinski definition) is 1. The summed E-state index contributed by atoms with van der Waals surface area (Å²) in [7, 11) is -2.13. The van der Waals surface area contributed by atoms with Crippen LogP contribution in [0.15, 0.2) is 18.5 Å². The Hall–Kier alpha value is -2.20. The summed E-state index contributed by atoms with van der Waals surface area (Å²) in [6.45, 7) is 19.3. The van der Waals surface area contributed by atoms with Crippen LogP contribution in [0.4, 0.5) is 16.2 Å². The van der Waals surface area contributed by atoms with Gasteiger partial charge in [0.2, 0.25) is 0 Å². The molecular weight excluding hydrogens is 428 g/mol. The third-order valence-electron chi connectivity index (χ3n) is 6.14. The van der Waals surface area contributed by atoms with E-state index in [0.717, 1.165) is 0 Å². The number of nitrogens with zero attached hydrogens (tertiary/aromatic N) is 3. The molecule has 0 bridgehead atoms. The number of aromatic nitrogens is 1. The van der Waals surface area contributed by atoms with Crippen molar-refractivity contribution in [2.45, 2.75) is 84.3 Å². The van der Waals surface area contributed by atoms with Crippen LogP contribution >= 0.6 is 0 Å². The highest BCUT2D eigenvalue weighted by Gasteiger charge is 2.45. The molecule has 0 aliphatic carbocycles. The Labute approximate surface area is 192 Å². The zero-order valence-electron chi connectivity index (χ0n) is 20.8. The third-order valence-corrected chi connectivity index (χ3v) is 10.6. The van der Waals surface area contributed by atoms with Crippen LogP contribution in [-0.2, 0) is 9.16 Å². The van der Waals surface area contributed by atoms with Crippen molar-refractivity contribution < 1.29 is 18.9 Å². The summed E-state index contributed by atoms with van der Waals surface area (Å²) in [5.41, 5.74) is -0.206. The van der Waals surface area contributed by atoms with E-state index in [2.05, 4.69) is 51.1 Å². The van der Waals surface area contributed by atoms with Gasteiger partial charge in [-0.05, 0) is 45.0 Å². The van der Waals surface area contributed by atoms with Crippen LogP contribution in [0.5, 0.6) is 0 Å². The molecule has 0 unspecified atom stereocenters. The molecule has 1 fully saturated rings. The number of anilines is 1. The van der Waals surface area contributed by atoms with Crippen molar-refractivity contribution in [3.05, 3.63) is 28.6 Å². The van der Waals surface area contributed by atoms with E-state index in [1.165, 1.54) is 6.20 Å². The molecule has 1 aliphatic rings. The van der Waals surface area contributed by atoms with E-state index in [4.69, 9.17) is 9.16 Å². The maximum Gasteiger partial charge on any atom is 0.408 e. The summed E-state index contributed by atoms with van der Waals surface area (Å²) in [5, 5.41) is 14.5. The number of amides is 1. The number of nitrogens with one attached hydrogen (secondary N) is 1. The van der Waals surface area contributed by atoms with Crippen molar-refractivity contribution >= 4 is 25.8 Å². The highest BCUT2D eigenvalue weighted by atomic mass is 28.4. The molecule has 0 aromatic carbocycles. The largest absolute Gasteiger partial charge is 0.444 e. The predicted octanol–water partition coefficient (Wildman–Crippen LogP) is 4.73. The first-order chi connectivity index (χ1) is 14.5. The van der Waals surface area contributed by atoms with Gasteiger partial charge in [-0.15, -0.1) is 0 Å². The van der Waals surface area contributed by atoms with Gasteiger partial charge in [-0.1, -0.05) is 27.7 Å². The van der Waals surface area contributed by atoms with Crippen LogP contribution < -0.4 is 10.2 Å². The number of nitro groups is 1. The summed E-state index contributed by atoms with van der Waals surface area (Å²) >= 11 is 0. The standard InChI is InChI=1S/C22H38N4O5Si/c1-15-13-25(17-10-11-23-12-18(17)26(28)29)14-16(24-20(27)30-21(2,3)4)19(15)31-32(8,9)22(5,6)7/h10-12,15-16,19H,13-14H2,1-9H3,(H,24,27)/t15-,16+,19-/m0/s1. The van der Waals surface area contributed by atoms with Crippen LogP contribution in [-0.4, -0.2) is 55.2 Å². The quantitative estimate of drug-likeness (QED) is 0.380. The maximum atomic E-state index is 12.6. The topological polar surface area (TPSA) is 107 Å². The smallest absolute Gasteiger partial charge is 0.408 e. The molecule has 0 radical (unpaired) electrons. The molecule has 1 amide bonds. The van der Waals surface area contributed by atoms with Gasteiger partial charge in [-0.3, -0.25) is 15.1 Å². The lowest BCUT2D eigenvalue weighted by atomic mass is 9.92. The average molecular weight is 467 g/mol. The SMILES string of the molecule is C[C@H]1CN(c2ccncc2[N+](=O)[O-])C[C@@H](NC(=O)OC(C)(C)C)[C@H]1O[Si](C)(C)C(C)(C)C. The van der Waals surface area contributed by atoms with Crippen molar-refractivity contribution in [2.24, 2.45) is 5.92 Å². The van der Waals surface area contributed by atoms with E-state index in [1.807, 2.05) is 25.7 Å². The van der Waals surface area contributed by atoms with Gasteiger partial charge in [0.15, 0.2) is 8.32 Å². The molecule has 1 saturated heterocycles. The lowest BCUT2D eigenvalue weighted by molar-refractivity contribution is -0.384. The first kappa shape index (κ1) is 26.1. The number of ether oxygens (including phenoxy) is 1. The van der Waals surface area contributed by atoms with Gasteiger partial charge >= 0.3 is 11.8 Å². The van der Waals surface area contributed by atoms with Crippen LogP contribution in [0.3, 0.4) is 0 Å². The Morgan fingerprint density at radius 1 is 1.25 bits per heavy atom. The van der Waals surface area contributed by atoms with E-state index in [9.17, 15) is 14.9 Å². The Kier molecular flexibility index (Phi) is 7.61. The van der Waals surface area contributed by atoms with Crippen molar-refractivity contribution in [1.82, 2.24) is 10.3 Å². The predicted molar refractivity (Wildman–Crippen MR) is 127 cm³/mol. The van der Waals surface area contributed by atoms with Gasteiger partial charge in [0.25, 0.3) is 0 Å². The van der Waals surface area contributed by atoms with Crippen molar-refractivity contribution in [3.63, 3.8) is 0 Å². The van der Waals surface area contributed by atoms with Crippen LogP contribution in [0.1, 0.15) is 48.5 Å². The monoisotopic (exact) mass is 466 g/mol. The fourth-order valence-electron chi connectivity index (χ4n) is 3.55. The van der Waals surface area contributed by atoms with Crippen LogP contribution in [0.2, 0.25) is 18.1 Å². The minimum Gasteiger partial charge on any atom is -0.444 e. The summed E-state index contributed by atoms with van der Waals surface area (Å²) < 4.78 is 12.3. The minimum absolute atomic E-state index is 0.00418. The summed E-state index contributed by atoms with van der Waals surface area (Å²) in [4.78, 5) is 29.6. The third kappa shape index (κ3) is 6.41. The highest BCUT2D eigenvalue weighted by molar-refractivity contribution is 6.74. The summed E-state index contributed by atoms with van der Waals surface area (Å²) in [6, 6.07) is 1.25. The summed E-state index contributed by atoms with van der Waals surface area (Å²) in [6.07, 6.45) is 2.04. The normalized spacial score (nSPS) is 22.4. The molecule has 32 heavy (non-hydrogen) atoms. The van der Waals surface area contributed by atoms with E-state index in [0.29, 0.717) is 18.8 Å². The lowest BCUT2D eigenvalue weighted by Crippen LogP contribution is -2.62. The van der Waals surface area contributed by atoms with Crippen molar-refractivity contribution in [3.8, 4) is 0 Å². The van der Waals surface area contributed by atoms with Crippen LogP contribution in [0.25, 0.3) is 0 Å². The minimum atomic E-state index is -2.13. The molecule has 10 heteroatoms.